The number of hydrogen-bond acceptors (Lipinski definition) is 5. The molecule has 0 spiro atoms. The Morgan fingerprint density at radius 1 is 1.09 bits per heavy atom. The molecule has 122 valence electrons. The topological polar surface area (TPSA) is 46.9 Å². The van der Waals surface area contributed by atoms with Crippen LogP contribution in [-0.4, -0.2) is 37.4 Å². The van der Waals surface area contributed by atoms with Crippen molar-refractivity contribution < 1.29 is 22.7 Å². The molecule has 0 aliphatic carbocycles. The van der Waals surface area contributed by atoms with Crippen molar-refractivity contribution in [2.45, 2.75) is 12.3 Å². The van der Waals surface area contributed by atoms with Crippen LogP contribution in [0, 0.1) is 0 Å². The molecule has 2 aliphatic heterocycles. The molecule has 23 heavy (non-hydrogen) atoms. The molecule has 1 aromatic carbocycles. The molecule has 1 aromatic heterocycles. The van der Waals surface area contributed by atoms with Crippen LogP contribution in [-0.2, 0) is 0 Å². The summed E-state index contributed by atoms with van der Waals surface area (Å²) in [5.74, 6) is 0.883. The number of piperazine rings is 1. The zero-order valence-corrected chi connectivity index (χ0v) is 12.3. The van der Waals surface area contributed by atoms with Gasteiger partial charge in [0.2, 0.25) is 0 Å². The molecule has 3 heterocycles. The van der Waals surface area contributed by atoms with Crippen LogP contribution in [0.3, 0.4) is 0 Å². The van der Waals surface area contributed by atoms with Gasteiger partial charge in [0.1, 0.15) is 5.76 Å². The monoisotopic (exact) mass is 322 g/mol. The summed E-state index contributed by atoms with van der Waals surface area (Å²) in [6.45, 7) is 3.44. The molecule has 2 aromatic rings. The summed E-state index contributed by atoms with van der Waals surface area (Å²) in [6, 6.07) is 8.47. The number of alkyl halides is 2. The standard InChI is InChI=1S/C16H16F2N2O3/c17-16(18)22-12-4-3-11(10-14(12)23-16)15(13-2-1-9-21-13)20-7-5-19-6-8-20/h1-4,9-10,15,19H,5-8H2/t15-/m1/s1. The highest BCUT2D eigenvalue weighted by Crippen LogP contribution is 2.43. The first kappa shape index (κ1) is 14.5. The van der Waals surface area contributed by atoms with E-state index >= 15 is 0 Å². The number of furan rings is 1. The number of rotatable bonds is 3. The molecule has 0 unspecified atom stereocenters. The summed E-state index contributed by atoms with van der Waals surface area (Å²) in [5, 5.41) is 3.30. The van der Waals surface area contributed by atoms with Gasteiger partial charge in [0.15, 0.2) is 11.5 Å². The second-order valence-corrected chi connectivity index (χ2v) is 5.58. The fourth-order valence-corrected chi connectivity index (χ4v) is 3.08. The smallest absolute Gasteiger partial charge is 0.467 e. The van der Waals surface area contributed by atoms with E-state index in [4.69, 9.17) is 4.42 Å². The van der Waals surface area contributed by atoms with E-state index in [2.05, 4.69) is 19.7 Å². The Morgan fingerprint density at radius 2 is 1.87 bits per heavy atom. The van der Waals surface area contributed by atoms with E-state index in [-0.39, 0.29) is 17.5 Å². The highest BCUT2D eigenvalue weighted by Gasteiger charge is 2.43. The van der Waals surface area contributed by atoms with Crippen LogP contribution in [0.25, 0.3) is 0 Å². The van der Waals surface area contributed by atoms with Gasteiger partial charge in [0.25, 0.3) is 0 Å². The summed E-state index contributed by atoms with van der Waals surface area (Å²) in [7, 11) is 0. The first-order chi connectivity index (χ1) is 11.1. The van der Waals surface area contributed by atoms with Crippen molar-refractivity contribution in [1.29, 1.82) is 0 Å². The van der Waals surface area contributed by atoms with Crippen LogP contribution in [0.15, 0.2) is 41.0 Å². The lowest BCUT2D eigenvalue weighted by Crippen LogP contribution is -2.45. The van der Waals surface area contributed by atoms with Gasteiger partial charge in [-0.05, 0) is 29.8 Å². The molecule has 1 saturated heterocycles. The summed E-state index contributed by atoms with van der Waals surface area (Å²) < 4.78 is 41.0. The van der Waals surface area contributed by atoms with E-state index in [0.717, 1.165) is 37.5 Å². The van der Waals surface area contributed by atoms with E-state index in [0.29, 0.717) is 0 Å². The second kappa shape index (κ2) is 5.50. The Labute approximate surface area is 131 Å². The van der Waals surface area contributed by atoms with Crippen molar-refractivity contribution in [3.05, 3.63) is 47.9 Å². The predicted octanol–water partition coefficient (Wildman–Crippen LogP) is 2.60. The van der Waals surface area contributed by atoms with Gasteiger partial charge in [-0.15, -0.1) is 8.78 Å². The number of benzene rings is 1. The number of hydrogen-bond donors (Lipinski definition) is 1. The van der Waals surface area contributed by atoms with Gasteiger partial charge < -0.3 is 19.2 Å². The van der Waals surface area contributed by atoms with Gasteiger partial charge in [-0.1, -0.05) is 6.07 Å². The van der Waals surface area contributed by atoms with Gasteiger partial charge in [0, 0.05) is 26.2 Å². The third kappa shape index (κ3) is 2.77. The van der Waals surface area contributed by atoms with E-state index in [1.165, 1.54) is 6.07 Å². The minimum atomic E-state index is -3.60. The average Bonchev–Trinajstić information content (AvgIpc) is 3.14. The Kier molecular flexibility index (Phi) is 3.46. The maximum atomic E-state index is 13.2. The summed E-state index contributed by atoms with van der Waals surface area (Å²) >= 11 is 0. The molecule has 0 saturated carbocycles. The van der Waals surface area contributed by atoms with Crippen molar-refractivity contribution in [3.8, 4) is 11.5 Å². The highest BCUT2D eigenvalue weighted by atomic mass is 19.3. The third-order valence-electron chi connectivity index (χ3n) is 4.07. The minimum Gasteiger partial charge on any atom is -0.467 e. The van der Waals surface area contributed by atoms with Crippen LogP contribution in [0.2, 0.25) is 0 Å². The average molecular weight is 322 g/mol. The number of nitrogens with zero attached hydrogens (tertiary/aromatic N) is 1. The number of fused-ring (bicyclic) bond motifs is 1. The maximum Gasteiger partial charge on any atom is 0.586 e. The predicted molar refractivity (Wildman–Crippen MR) is 77.6 cm³/mol. The number of ether oxygens (including phenoxy) is 2. The Hall–Kier alpha value is -2.12. The van der Waals surface area contributed by atoms with E-state index in [1.807, 2.05) is 12.1 Å². The van der Waals surface area contributed by atoms with E-state index in [9.17, 15) is 8.78 Å². The SMILES string of the molecule is FC1(F)Oc2ccc([C@H](c3ccco3)N3CCNCC3)cc2O1. The van der Waals surface area contributed by atoms with Crippen molar-refractivity contribution >= 4 is 0 Å². The molecule has 4 rings (SSSR count). The molecule has 2 aliphatic rings. The molecule has 1 atom stereocenters. The summed E-state index contributed by atoms with van der Waals surface area (Å²) in [6.07, 6.45) is -1.98. The Morgan fingerprint density at radius 3 is 2.61 bits per heavy atom. The van der Waals surface area contributed by atoms with Gasteiger partial charge in [-0.3, -0.25) is 4.90 Å². The fourth-order valence-electron chi connectivity index (χ4n) is 3.08. The molecule has 1 fully saturated rings. The third-order valence-corrected chi connectivity index (χ3v) is 4.07. The lowest BCUT2D eigenvalue weighted by molar-refractivity contribution is -0.286. The molecule has 0 amide bonds. The lowest BCUT2D eigenvalue weighted by Gasteiger charge is -2.34. The lowest BCUT2D eigenvalue weighted by atomic mass is 10.0. The first-order valence-corrected chi connectivity index (χ1v) is 7.50. The van der Waals surface area contributed by atoms with Crippen LogP contribution >= 0.6 is 0 Å². The molecule has 1 N–H and O–H groups in total. The van der Waals surface area contributed by atoms with Gasteiger partial charge in [0.05, 0.1) is 12.3 Å². The number of halogens is 2. The van der Waals surface area contributed by atoms with Crippen molar-refractivity contribution in [2.75, 3.05) is 26.2 Å². The molecular formula is C16H16F2N2O3. The normalized spacial score (nSPS) is 21.3. The molecule has 0 bridgehead atoms. The molecule has 7 heteroatoms. The van der Waals surface area contributed by atoms with Gasteiger partial charge >= 0.3 is 6.29 Å². The van der Waals surface area contributed by atoms with Crippen molar-refractivity contribution in [3.63, 3.8) is 0 Å². The minimum absolute atomic E-state index is 0.0530. The van der Waals surface area contributed by atoms with Crippen molar-refractivity contribution in [2.24, 2.45) is 0 Å². The van der Waals surface area contributed by atoms with Crippen LogP contribution in [0.1, 0.15) is 17.4 Å². The van der Waals surface area contributed by atoms with Gasteiger partial charge in [-0.25, -0.2) is 0 Å². The largest absolute Gasteiger partial charge is 0.586 e. The zero-order valence-electron chi connectivity index (χ0n) is 12.3. The maximum absolute atomic E-state index is 13.2. The van der Waals surface area contributed by atoms with E-state index < -0.39 is 6.29 Å². The fraction of sp³-hybridized carbons (Fsp3) is 0.375. The zero-order chi connectivity index (χ0) is 15.9. The molecular weight excluding hydrogens is 306 g/mol. The highest BCUT2D eigenvalue weighted by molar-refractivity contribution is 5.47. The Bertz CT molecular complexity index is 685. The number of nitrogens with one attached hydrogen (secondary N) is 1. The summed E-state index contributed by atoms with van der Waals surface area (Å²) in [4.78, 5) is 2.25. The quantitative estimate of drug-likeness (QED) is 0.941. The molecule has 0 radical (unpaired) electrons. The van der Waals surface area contributed by atoms with Crippen LogP contribution in [0.5, 0.6) is 11.5 Å². The summed E-state index contributed by atoms with van der Waals surface area (Å²) in [5.41, 5.74) is 0.835. The molecule has 5 nitrogen and oxygen atoms in total. The van der Waals surface area contributed by atoms with Crippen molar-refractivity contribution in [1.82, 2.24) is 10.2 Å². The van der Waals surface area contributed by atoms with E-state index in [1.54, 1.807) is 18.4 Å². The second-order valence-electron chi connectivity index (χ2n) is 5.58. The first-order valence-electron chi connectivity index (χ1n) is 7.50. The van der Waals surface area contributed by atoms with Crippen LogP contribution in [0.4, 0.5) is 8.78 Å². The van der Waals surface area contributed by atoms with Crippen LogP contribution < -0.4 is 14.8 Å². The van der Waals surface area contributed by atoms with Gasteiger partial charge in [-0.2, -0.15) is 0 Å². The Balaban J connectivity index is 1.70.